The molecule has 3 N–H and O–H groups in total. The molecule has 0 saturated heterocycles. The highest BCUT2D eigenvalue weighted by atomic mass is 28.3. The first kappa shape index (κ1) is 24.5. The summed E-state index contributed by atoms with van der Waals surface area (Å²) in [5, 5.41) is 32.4. The monoisotopic (exact) mass is 432 g/mol. The fourth-order valence-corrected chi connectivity index (χ4v) is 6.42. The van der Waals surface area contributed by atoms with Crippen molar-refractivity contribution >= 4 is 19.2 Å². The summed E-state index contributed by atoms with van der Waals surface area (Å²) in [7, 11) is -1.91. The first-order chi connectivity index (χ1) is 13.9. The first-order valence-electron chi connectivity index (χ1n) is 10.6. The topological polar surface area (TPSA) is 87.0 Å². The van der Waals surface area contributed by atoms with Crippen molar-refractivity contribution in [3.8, 4) is 0 Å². The van der Waals surface area contributed by atoms with Gasteiger partial charge in [-0.1, -0.05) is 73.4 Å². The number of benzene rings is 1. The Hall–Kier alpha value is -1.73. The van der Waals surface area contributed by atoms with Gasteiger partial charge < -0.3 is 20.1 Å². The molecule has 0 aromatic heterocycles. The summed E-state index contributed by atoms with van der Waals surface area (Å²) < 4.78 is 5.80. The van der Waals surface area contributed by atoms with Gasteiger partial charge in [-0.05, 0) is 32.3 Å². The van der Waals surface area contributed by atoms with E-state index in [1.807, 2.05) is 32.0 Å². The van der Waals surface area contributed by atoms with Crippen LogP contribution in [-0.2, 0) is 9.53 Å². The Morgan fingerprint density at radius 1 is 1.20 bits per heavy atom. The molecule has 0 unspecified atom stereocenters. The number of hydrogen-bond acceptors (Lipinski definition) is 5. The van der Waals surface area contributed by atoms with Crippen LogP contribution in [0.5, 0.6) is 0 Å². The summed E-state index contributed by atoms with van der Waals surface area (Å²) >= 11 is 0. The van der Waals surface area contributed by atoms with E-state index in [4.69, 9.17) is 4.74 Å². The molecule has 30 heavy (non-hydrogen) atoms. The van der Waals surface area contributed by atoms with Gasteiger partial charge in [-0.3, -0.25) is 4.79 Å². The summed E-state index contributed by atoms with van der Waals surface area (Å²) in [6, 6.07) is 10.3. The van der Waals surface area contributed by atoms with Crippen LogP contribution in [0.25, 0.3) is 0 Å². The fourth-order valence-electron chi connectivity index (χ4n) is 3.90. The van der Waals surface area contributed by atoms with Gasteiger partial charge >= 0.3 is 5.97 Å². The number of hydrogen-bond donors (Lipinski definition) is 3. The molecule has 1 aliphatic rings. The Morgan fingerprint density at radius 3 is 2.47 bits per heavy atom. The van der Waals surface area contributed by atoms with Gasteiger partial charge in [0, 0.05) is 5.92 Å². The lowest BCUT2D eigenvalue weighted by Gasteiger charge is -2.31. The van der Waals surface area contributed by atoms with Gasteiger partial charge in [-0.2, -0.15) is 0 Å². The van der Waals surface area contributed by atoms with E-state index in [-0.39, 0.29) is 25.2 Å². The van der Waals surface area contributed by atoms with Gasteiger partial charge in [0.05, 0.1) is 18.1 Å². The van der Waals surface area contributed by atoms with E-state index in [9.17, 15) is 20.1 Å². The van der Waals surface area contributed by atoms with Crippen LogP contribution in [0, 0.1) is 5.92 Å². The molecule has 0 aliphatic carbocycles. The molecular formula is C24H36O5Si. The third-order valence-corrected chi connectivity index (χ3v) is 8.91. The molecule has 1 aromatic rings. The lowest BCUT2D eigenvalue weighted by molar-refractivity contribution is -0.151. The van der Waals surface area contributed by atoms with E-state index in [2.05, 4.69) is 30.9 Å². The maximum absolute atomic E-state index is 12.5. The molecule has 166 valence electrons. The highest BCUT2D eigenvalue weighted by Gasteiger charge is 2.32. The van der Waals surface area contributed by atoms with E-state index in [0.717, 1.165) is 5.57 Å². The molecule has 0 spiro atoms. The van der Waals surface area contributed by atoms with Gasteiger partial charge in [0.25, 0.3) is 0 Å². The van der Waals surface area contributed by atoms with Crippen LogP contribution in [-0.4, -0.2) is 53.3 Å². The average molecular weight is 433 g/mol. The van der Waals surface area contributed by atoms with Crippen molar-refractivity contribution in [3.05, 3.63) is 53.8 Å². The van der Waals surface area contributed by atoms with Gasteiger partial charge in [0.2, 0.25) is 0 Å². The number of carbonyl (C=O) groups is 1. The Kier molecular flexibility index (Phi) is 8.22. The molecule has 0 amide bonds. The molecule has 0 saturated carbocycles. The Balaban J connectivity index is 2.36. The lowest BCUT2D eigenvalue weighted by Crippen LogP contribution is -2.41. The van der Waals surface area contributed by atoms with Crippen LogP contribution in [0.4, 0.5) is 0 Å². The van der Waals surface area contributed by atoms with Crippen molar-refractivity contribution in [1.82, 2.24) is 0 Å². The van der Waals surface area contributed by atoms with Gasteiger partial charge in [-0.25, -0.2) is 0 Å². The van der Waals surface area contributed by atoms with Crippen LogP contribution < -0.4 is 5.19 Å². The number of aliphatic hydroxyl groups is 3. The van der Waals surface area contributed by atoms with Crippen molar-refractivity contribution in [2.45, 2.75) is 77.0 Å². The van der Waals surface area contributed by atoms with E-state index in [0.29, 0.717) is 0 Å². The standard InChI is InChI=1S/C24H36O5Si/c1-17-11-12-21(26)24(3,28)14-13-19(25)15-22(27)29-23(17)18(2)16-30(4,5)20-9-7-6-8-10-20/h6-12,16-17,19,21,23,25-26,28H,13-15H2,1-5H3/b12-11+,18-16+/t17-,19+,21-,23-,24+/m0/s1. The predicted octanol–water partition coefficient (Wildman–Crippen LogP) is 2.85. The number of aliphatic hydroxyl groups excluding tert-OH is 2. The molecule has 0 fully saturated rings. The SMILES string of the molecule is C/C(=C\[Si](C)(C)c1ccccc1)[C@H]1OC(=O)C[C@H](O)CC[C@@](C)(O)[C@@H](O)/C=C/[C@@H]1C. The van der Waals surface area contributed by atoms with Crippen molar-refractivity contribution < 1.29 is 24.9 Å². The second-order valence-electron chi connectivity index (χ2n) is 9.33. The largest absolute Gasteiger partial charge is 0.457 e. The third-order valence-electron chi connectivity index (χ3n) is 5.91. The van der Waals surface area contributed by atoms with Gasteiger partial charge in [0.15, 0.2) is 0 Å². The van der Waals surface area contributed by atoms with E-state index < -0.39 is 38.0 Å². The zero-order valence-corrected chi connectivity index (χ0v) is 19.7. The number of carbonyl (C=O) groups excluding carboxylic acids is 1. The van der Waals surface area contributed by atoms with Crippen molar-refractivity contribution in [3.63, 3.8) is 0 Å². The smallest absolute Gasteiger partial charge is 0.309 e. The number of rotatable bonds is 3. The molecule has 1 aliphatic heterocycles. The minimum Gasteiger partial charge on any atom is -0.457 e. The summed E-state index contributed by atoms with van der Waals surface area (Å²) in [5.41, 5.74) is 1.82. The summed E-state index contributed by atoms with van der Waals surface area (Å²) in [6.45, 7) is 9.92. The number of cyclic esters (lactones) is 1. The van der Waals surface area contributed by atoms with Crippen molar-refractivity contribution in [2.24, 2.45) is 5.92 Å². The summed E-state index contributed by atoms with van der Waals surface area (Å²) in [6.07, 6.45) is 1.11. The zero-order chi connectivity index (χ0) is 22.5. The molecule has 1 aromatic carbocycles. The third kappa shape index (κ3) is 6.64. The second kappa shape index (κ2) is 10.0. The van der Waals surface area contributed by atoms with E-state index in [1.54, 1.807) is 19.1 Å². The molecule has 1 heterocycles. The van der Waals surface area contributed by atoms with Gasteiger partial charge in [-0.15, -0.1) is 0 Å². The molecule has 0 bridgehead atoms. The second-order valence-corrected chi connectivity index (χ2v) is 13.6. The zero-order valence-electron chi connectivity index (χ0n) is 18.7. The van der Waals surface area contributed by atoms with Crippen LogP contribution in [0.1, 0.15) is 40.0 Å². The maximum Gasteiger partial charge on any atom is 0.309 e. The van der Waals surface area contributed by atoms with Crippen LogP contribution >= 0.6 is 0 Å². The quantitative estimate of drug-likeness (QED) is 0.388. The Morgan fingerprint density at radius 2 is 1.83 bits per heavy atom. The highest BCUT2D eigenvalue weighted by molar-refractivity contribution is 6.94. The van der Waals surface area contributed by atoms with E-state index in [1.165, 1.54) is 5.19 Å². The number of esters is 1. The number of ether oxygens (including phenoxy) is 1. The van der Waals surface area contributed by atoms with Crippen LogP contribution in [0.2, 0.25) is 13.1 Å². The van der Waals surface area contributed by atoms with Crippen LogP contribution in [0.15, 0.2) is 53.8 Å². The molecule has 6 heteroatoms. The minimum atomic E-state index is -1.91. The molecule has 5 atom stereocenters. The molecule has 2 rings (SSSR count). The molecule has 0 radical (unpaired) electrons. The van der Waals surface area contributed by atoms with Crippen LogP contribution in [0.3, 0.4) is 0 Å². The average Bonchev–Trinajstić information content (AvgIpc) is 2.68. The normalized spacial score (nSPS) is 33.2. The van der Waals surface area contributed by atoms with Gasteiger partial charge in [0.1, 0.15) is 20.3 Å². The summed E-state index contributed by atoms with van der Waals surface area (Å²) in [4.78, 5) is 12.5. The minimum absolute atomic E-state index is 0.133. The molecular weight excluding hydrogens is 396 g/mol. The predicted molar refractivity (Wildman–Crippen MR) is 122 cm³/mol. The Labute approximate surface area is 181 Å². The molecule has 5 nitrogen and oxygen atoms in total. The highest BCUT2D eigenvalue weighted by Crippen LogP contribution is 2.26. The summed E-state index contributed by atoms with van der Waals surface area (Å²) in [5.74, 6) is -0.659. The van der Waals surface area contributed by atoms with Crippen molar-refractivity contribution in [2.75, 3.05) is 0 Å². The lowest BCUT2D eigenvalue weighted by atomic mass is 9.89. The fraction of sp³-hybridized carbons (Fsp3) is 0.542. The maximum atomic E-state index is 12.5. The van der Waals surface area contributed by atoms with Crippen molar-refractivity contribution in [1.29, 1.82) is 0 Å². The first-order valence-corrected chi connectivity index (χ1v) is 13.7. The Bertz CT molecular complexity index is 769. The van der Waals surface area contributed by atoms with E-state index >= 15 is 0 Å².